The molecule has 2 aromatic carbocycles. The van der Waals surface area contributed by atoms with Crippen LogP contribution in [0.1, 0.15) is 43.4 Å². The number of ether oxygens (including phenoxy) is 2. The first-order valence-corrected chi connectivity index (χ1v) is 11.0. The molecule has 0 N–H and O–H groups in total. The van der Waals surface area contributed by atoms with E-state index in [9.17, 15) is 4.39 Å². The third-order valence-corrected chi connectivity index (χ3v) is 6.07. The molecule has 1 aromatic heterocycles. The maximum absolute atomic E-state index is 14.3. The first-order valence-electron chi connectivity index (χ1n) is 10.2. The van der Waals surface area contributed by atoms with Crippen LogP contribution in [0.2, 0.25) is 0 Å². The molecule has 3 aromatic rings. The number of methoxy groups -OCH3 is 1. The van der Waals surface area contributed by atoms with E-state index in [4.69, 9.17) is 9.47 Å². The Balaban J connectivity index is 1.48. The van der Waals surface area contributed by atoms with Crippen molar-refractivity contribution in [1.82, 2.24) is 9.97 Å². The molecule has 0 spiro atoms. The Morgan fingerprint density at radius 1 is 1.17 bits per heavy atom. The smallest absolute Gasteiger partial charge is 0.132 e. The summed E-state index contributed by atoms with van der Waals surface area (Å²) >= 11 is 3.42. The van der Waals surface area contributed by atoms with Crippen LogP contribution in [-0.4, -0.2) is 17.1 Å². The van der Waals surface area contributed by atoms with Gasteiger partial charge in [-0.2, -0.15) is 0 Å². The Hall–Kier alpha value is -2.47. The van der Waals surface area contributed by atoms with Crippen molar-refractivity contribution in [3.8, 4) is 22.8 Å². The SMILES string of the molecule is CCC(c1cccc(OCc2cnc(-c3cc(OC)ccc3F)c(Br)n2)c1)C1CC1. The lowest BCUT2D eigenvalue weighted by molar-refractivity contribution is 0.300. The molecular formula is C24H24BrFN2O2. The topological polar surface area (TPSA) is 44.2 Å². The lowest BCUT2D eigenvalue weighted by Gasteiger charge is -2.16. The second kappa shape index (κ2) is 9.13. The third kappa shape index (κ3) is 4.64. The van der Waals surface area contributed by atoms with Crippen LogP contribution < -0.4 is 9.47 Å². The van der Waals surface area contributed by atoms with Gasteiger partial charge in [0.15, 0.2) is 0 Å². The minimum atomic E-state index is -0.382. The maximum atomic E-state index is 14.3. The normalized spacial score (nSPS) is 14.4. The maximum Gasteiger partial charge on any atom is 0.132 e. The number of aromatic nitrogens is 2. The van der Waals surface area contributed by atoms with Crippen LogP contribution >= 0.6 is 15.9 Å². The Labute approximate surface area is 184 Å². The Morgan fingerprint density at radius 3 is 2.70 bits per heavy atom. The van der Waals surface area contributed by atoms with E-state index in [1.165, 1.54) is 24.5 Å². The summed E-state index contributed by atoms with van der Waals surface area (Å²) in [6.07, 6.45) is 5.41. The van der Waals surface area contributed by atoms with Crippen molar-refractivity contribution in [3.05, 3.63) is 70.3 Å². The predicted octanol–water partition coefficient (Wildman–Crippen LogP) is 6.54. The molecular weight excluding hydrogens is 447 g/mol. The van der Waals surface area contributed by atoms with Crippen LogP contribution in [0.4, 0.5) is 4.39 Å². The molecule has 6 heteroatoms. The standard InChI is InChI=1S/C24H24BrFN2O2/c1-3-20(15-7-8-15)16-5-4-6-19(11-16)30-14-17-13-27-23(24(25)28-17)21-12-18(29-2)9-10-22(21)26/h4-6,9-13,15,20H,3,7-8,14H2,1-2H3. The molecule has 1 aliphatic rings. The van der Waals surface area contributed by atoms with Gasteiger partial charge in [0.2, 0.25) is 0 Å². The molecule has 1 unspecified atom stereocenters. The van der Waals surface area contributed by atoms with E-state index in [1.54, 1.807) is 25.4 Å². The molecule has 1 heterocycles. The molecule has 4 nitrogen and oxygen atoms in total. The molecule has 0 aliphatic heterocycles. The van der Waals surface area contributed by atoms with Gasteiger partial charge in [-0.25, -0.2) is 9.37 Å². The van der Waals surface area contributed by atoms with Crippen molar-refractivity contribution in [2.45, 2.75) is 38.7 Å². The summed E-state index contributed by atoms with van der Waals surface area (Å²) in [5.41, 5.74) is 2.76. The summed E-state index contributed by atoms with van der Waals surface area (Å²) in [7, 11) is 1.54. The van der Waals surface area contributed by atoms with Gasteiger partial charge < -0.3 is 9.47 Å². The molecule has 4 rings (SSSR count). The Bertz CT molecular complexity index is 1040. The highest BCUT2D eigenvalue weighted by molar-refractivity contribution is 9.10. The second-order valence-electron chi connectivity index (χ2n) is 7.56. The quantitative estimate of drug-likeness (QED) is 0.375. The first-order chi connectivity index (χ1) is 14.6. The third-order valence-electron chi connectivity index (χ3n) is 5.51. The molecule has 1 saturated carbocycles. The number of nitrogens with zero attached hydrogens (tertiary/aromatic N) is 2. The number of rotatable bonds is 8. The van der Waals surface area contributed by atoms with Crippen molar-refractivity contribution in [1.29, 1.82) is 0 Å². The molecule has 0 bridgehead atoms. The van der Waals surface area contributed by atoms with Crippen LogP contribution in [-0.2, 0) is 6.61 Å². The Morgan fingerprint density at radius 2 is 2.00 bits per heavy atom. The molecule has 1 aliphatic carbocycles. The van der Waals surface area contributed by atoms with Gasteiger partial charge in [0.1, 0.15) is 34.2 Å². The van der Waals surface area contributed by atoms with Crippen LogP contribution in [0.5, 0.6) is 11.5 Å². The largest absolute Gasteiger partial charge is 0.497 e. The Kier molecular flexibility index (Phi) is 6.32. The zero-order valence-corrected chi connectivity index (χ0v) is 18.7. The van der Waals surface area contributed by atoms with E-state index in [2.05, 4.69) is 45.0 Å². The van der Waals surface area contributed by atoms with Gasteiger partial charge in [0, 0.05) is 5.56 Å². The number of hydrogen-bond acceptors (Lipinski definition) is 4. The number of hydrogen-bond donors (Lipinski definition) is 0. The molecule has 0 amide bonds. The zero-order chi connectivity index (χ0) is 21.1. The predicted molar refractivity (Wildman–Crippen MR) is 118 cm³/mol. The summed E-state index contributed by atoms with van der Waals surface area (Å²) < 4.78 is 25.9. The molecule has 30 heavy (non-hydrogen) atoms. The average molecular weight is 471 g/mol. The van der Waals surface area contributed by atoms with Crippen molar-refractivity contribution in [2.24, 2.45) is 5.92 Å². The fourth-order valence-corrected chi connectivity index (χ4v) is 4.34. The van der Waals surface area contributed by atoms with Crippen LogP contribution in [0.25, 0.3) is 11.3 Å². The minimum absolute atomic E-state index is 0.288. The van der Waals surface area contributed by atoms with E-state index < -0.39 is 0 Å². The summed E-state index contributed by atoms with van der Waals surface area (Å²) in [6.45, 7) is 2.53. The van der Waals surface area contributed by atoms with E-state index in [0.29, 0.717) is 33.2 Å². The van der Waals surface area contributed by atoms with Gasteiger partial charge in [-0.1, -0.05) is 19.1 Å². The summed E-state index contributed by atoms with van der Waals surface area (Å²) in [5.74, 6) is 2.43. The summed E-state index contributed by atoms with van der Waals surface area (Å²) in [6, 6.07) is 12.9. The number of halogens is 2. The van der Waals surface area contributed by atoms with E-state index in [-0.39, 0.29) is 12.4 Å². The molecule has 156 valence electrons. The van der Waals surface area contributed by atoms with Crippen molar-refractivity contribution in [3.63, 3.8) is 0 Å². The van der Waals surface area contributed by atoms with E-state index >= 15 is 0 Å². The van der Waals surface area contributed by atoms with Crippen molar-refractivity contribution < 1.29 is 13.9 Å². The summed E-state index contributed by atoms with van der Waals surface area (Å²) in [4.78, 5) is 8.90. The van der Waals surface area contributed by atoms with Gasteiger partial charge in [-0.15, -0.1) is 0 Å². The highest BCUT2D eigenvalue weighted by Gasteiger charge is 2.31. The molecule has 1 atom stereocenters. The van der Waals surface area contributed by atoms with Gasteiger partial charge in [-0.3, -0.25) is 4.98 Å². The first kappa shape index (κ1) is 20.8. The van der Waals surface area contributed by atoms with Gasteiger partial charge in [0.25, 0.3) is 0 Å². The highest BCUT2D eigenvalue weighted by atomic mass is 79.9. The zero-order valence-electron chi connectivity index (χ0n) is 17.1. The monoisotopic (exact) mass is 470 g/mol. The molecule has 1 fully saturated rings. The summed E-state index contributed by atoms with van der Waals surface area (Å²) in [5, 5.41) is 0. The van der Waals surface area contributed by atoms with Crippen molar-refractivity contribution in [2.75, 3.05) is 7.11 Å². The number of benzene rings is 2. The van der Waals surface area contributed by atoms with E-state index in [0.717, 1.165) is 18.1 Å². The minimum Gasteiger partial charge on any atom is -0.497 e. The van der Waals surface area contributed by atoms with Gasteiger partial charge in [-0.05, 0) is 82.9 Å². The highest BCUT2D eigenvalue weighted by Crippen LogP contribution is 2.44. The van der Waals surface area contributed by atoms with E-state index in [1.807, 2.05) is 12.1 Å². The van der Waals surface area contributed by atoms with Crippen LogP contribution in [0, 0.1) is 11.7 Å². The lowest BCUT2D eigenvalue weighted by atomic mass is 9.92. The van der Waals surface area contributed by atoms with Crippen LogP contribution in [0.15, 0.2) is 53.3 Å². The lowest BCUT2D eigenvalue weighted by Crippen LogP contribution is -2.03. The van der Waals surface area contributed by atoms with Gasteiger partial charge >= 0.3 is 0 Å². The fourth-order valence-electron chi connectivity index (χ4n) is 3.80. The fraction of sp³-hybridized carbons (Fsp3) is 0.333. The molecule has 0 radical (unpaired) electrons. The van der Waals surface area contributed by atoms with Crippen LogP contribution in [0.3, 0.4) is 0 Å². The second-order valence-corrected chi connectivity index (χ2v) is 8.31. The average Bonchev–Trinajstić information content (AvgIpc) is 3.59. The van der Waals surface area contributed by atoms with Crippen molar-refractivity contribution >= 4 is 15.9 Å². The molecule has 0 saturated heterocycles. The van der Waals surface area contributed by atoms with Gasteiger partial charge in [0.05, 0.1) is 19.0 Å².